The Labute approximate surface area is 143 Å². The maximum atomic E-state index is 12.7. The number of ether oxygens (including phenoxy) is 1. The molecule has 1 amide bonds. The third-order valence-electron chi connectivity index (χ3n) is 4.08. The molecule has 2 aromatic heterocycles. The molecule has 1 aromatic carbocycles. The van der Waals surface area contributed by atoms with E-state index in [0.717, 1.165) is 11.3 Å². The number of fused-ring (bicyclic) bond motifs is 1. The number of hydrogen-bond donors (Lipinski definition) is 0. The van der Waals surface area contributed by atoms with E-state index in [9.17, 15) is 4.79 Å². The Kier molecular flexibility index (Phi) is 3.92. The normalized spacial score (nSPS) is 15.0. The summed E-state index contributed by atoms with van der Waals surface area (Å²) in [6.45, 7) is 2.28. The first-order valence-electron chi connectivity index (χ1n) is 7.70. The van der Waals surface area contributed by atoms with Gasteiger partial charge in [0, 0.05) is 29.9 Å². The van der Waals surface area contributed by atoms with E-state index in [4.69, 9.17) is 16.3 Å². The molecule has 122 valence electrons. The van der Waals surface area contributed by atoms with Gasteiger partial charge in [0.05, 0.1) is 25.1 Å². The number of benzene rings is 1. The molecule has 0 bridgehead atoms. The molecule has 0 radical (unpaired) electrons. The Bertz CT molecular complexity index is 902. The van der Waals surface area contributed by atoms with Crippen molar-refractivity contribution in [3.05, 3.63) is 53.3 Å². The average molecular weight is 343 g/mol. The fourth-order valence-corrected chi connectivity index (χ4v) is 3.08. The smallest absolute Gasteiger partial charge is 0.259 e. The van der Waals surface area contributed by atoms with Crippen LogP contribution in [0.3, 0.4) is 0 Å². The first kappa shape index (κ1) is 15.1. The monoisotopic (exact) mass is 342 g/mol. The fourth-order valence-electron chi connectivity index (χ4n) is 2.85. The summed E-state index contributed by atoms with van der Waals surface area (Å²) in [5.74, 6) is -0.0721. The molecule has 1 saturated heterocycles. The highest BCUT2D eigenvalue weighted by atomic mass is 35.5. The molecule has 1 fully saturated rings. The van der Waals surface area contributed by atoms with Crippen molar-refractivity contribution in [2.75, 3.05) is 26.3 Å². The van der Waals surface area contributed by atoms with Crippen LogP contribution < -0.4 is 0 Å². The van der Waals surface area contributed by atoms with E-state index in [1.54, 1.807) is 21.8 Å². The van der Waals surface area contributed by atoms with E-state index in [-0.39, 0.29) is 5.91 Å². The number of morpholine rings is 1. The predicted octanol–water partition coefficient (Wildman–Crippen LogP) is 2.52. The summed E-state index contributed by atoms with van der Waals surface area (Å²) < 4.78 is 6.96. The summed E-state index contributed by atoms with van der Waals surface area (Å²) in [6, 6.07) is 9.37. The number of carbonyl (C=O) groups excluding carboxylic acids is 1. The number of carbonyl (C=O) groups is 1. The Morgan fingerprint density at radius 1 is 1.17 bits per heavy atom. The molecule has 3 heterocycles. The molecular weight excluding hydrogens is 328 g/mol. The van der Waals surface area contributed by atoms with E-state index >= 15 is 0 Å². The number of rotatable bonds is 2. The van der Waals surface area contributed by atoms with E-state index in [2.05, 4.69) is 10.1 Å². The van der Waals surface area contributed by atoms with Gasteiger partial charge in [-0.25, -0.2) is 9.50 Å². The van der Waals surface area contributed by atoms with Crippen LogP contribution in [0.25, 0.3) is 16.9 Å². The van der Waals surface area contributed by atoms with E-state index in [1.807, 2.05) is 30.3 Å². The Balaban J connectivity index is 1.79. The number of amides is 1. The second-order valence-electron chi connectivity index (χ2n) is 5.51. The lowest BCUT2D eigenvalue weighted by Crippen LogP contribution is -2.40. The van der Waals surface area contributed by atoms with Crippen molar-refractivity contribution < 1.29 is 9.53 Å². The van der Waals surface area contributed by atoms with Crippen LogP contribution >= 0.6 is 11.6 Å². The molecule has 3 aromatic rings. The van der Waals surface area contributed by atoms with Gasteiger partial charge in [0.25, 0.3) is 5.91 Å². The highest BCUT2D eigenvalue weighted by Gasteiger charge is 2.23. The van der Waals surface area contributed by atoms with Crippen LogP contribution in [0.2, 0.25) is 5.02 Å². The van der Waals surface area contributed by atoms with Gasteiger partial charge in [-0.05, 0) is 12.1 Å². The van der Waals surface area contributed by atoms with Crippen LogP contribution in [0.1, 0.15) is 10.4 Å². The first-order valence-corrected chi connectivity index (χ1v) is 8.08. The second kappa shape index (κ2) is 6.22. The maximum absolute atomic E-state index is 12.7. The molecule has 0 atom stereocenters. The van der Waals surface area contributed by atoms with Crippen LogP contribution in [0.5, 0.6) is 0 Å². The van der Waals surface area contributed by atoms with Crippen molar-refractivity contribution in [3.63, 3.8) is 0 Å². The molecule has 0 spiro atoms. The zero-order chi connectivity index (χ0) is 16.5. The van der Waals surface area contributed by atoms with Crippen molar-refractivity contribution in [2.24, 2.45) is 0 Å². The van der Waals surface area contributed by atoms with Crippen LogP contribution in [-0.2, 0) is 4.74 Å². The van der Waals surface area contributed by atoms with Gasteiger partial charge >= 0.3 is 0 Å². The summed E-state index contributed by atoms with van der Waals surface area (Å²) in [4.78, 5) is 18.9. The van der Waals surface area contributed by atoms with Crippen LogP contribution in [-0.4, -0.2) is 51.7 Å². The van der Waals surface area contributed by atoms with Gasteiger partial charge in [0.1, 0.15) is 5.56 Å². The largest absolute Gasteiger partial charge is 0.378 e. The van der Waals surface area contributed by atoms with Gasteiger partial charge in [0.15, 0.2) is 5.65 Å². The van der Waals surface area contributed by atoms with Crippen molar-refractivity contribution >= 4 is 23.2 Å². The zero-order valence-electron chi connectivity index (χ0n) is 12.9. The molecule has 24 heavy (non-hydrogen) atoms. The quantitative estimate of drug-likeness (QED) is 0.718. The molecule has 0 saturated carbocycles. The van der Waals surface area contributed by atoms with Gasteiger partial charge in [-0.1, -0.05) is 29.8 Å². The van der Waals surface area contributed by atoms with Gasteiger partial charge in [0.2, 0.25) is 0 Å². The Morgan fingerprint density at radius 2 is 1.96 bits per heavy atom. The number of aromatic nitrogens is 3. The van der Waals surface area contributed by atoms with Gasteiger partial charge in [-0.15, -0.1) is 0 Å². The molecule has 0 unspecified atom stereocenters. The highest BCUT2D eigenvalue weighted by molar-refractivity contribution is 6.33. The van der Waals surface area contributed by atoms with Crippen molar-refractivity contribution in [1.82, 2.24) is 19.5 Å². The molecule has 4 rings (SSSR count). The molecule has 0 N–H and O–H groups in total. The highest BCUT2D eigenvalue weighted by Crippen LogP contribution is 2.28. The summed E-state index contributed by atoms with van der Waals surface area (Å²) >= 11 is 6.30. The second-order valence-corrected chi connectivity index (χ2v) is 5.92. The maximum Gasteiger partial charge on any atom is 0.259 e. The lowest BCUT2D eigenvalue weighted by atomic mass is 10.1. The van der Waals surface area contributed by atoms with E-state index in [1.165, 1.54) is 0 Å². The zero-order valence-corrected chi connectivity index (χ0v) is 13.6. The lowest BCUT2D eigenvalue weighted by Gasteiger charge is -2.26. The minimum absolute atomic E-state index is 0.0721. The predicted molar refractivity (Wildman–Crippen MR) is 90.2 cm³/mol. The van der Waals surface area contributed by atoms with Crippen LogP contribution in [0.15, 0.2) is 42.7 Å². The van der Waals surface area contributed by atoms with E-state index in [0.29, 0.717) is 42.5 Å². The van der Waals surface area contributed by atoms with Crippen LogP contribution in [0.4, 0.5) is 0 Å². The molecule has 0 aliphatic carbocycles. The van der Waals surface area contributed by atoms with Gasteiger partial charge in [-0.2, -0.15) is 5.10 Å². The van der Waals surface area contributed by atoms with Crippen molar-refractivity contribution in [2.45, 2.75) is 0 Å². The minimum Gasteiger partial charge on any atom is -0.378 e. The minimum atomic E-state index is -0.0721. The SMILES string of the molecule is O=C(c1cnn2c(-c3ccccc3Cl)ccnc12)N1CCOCC1. The van der Waals surface area contributed by atoms with Gasteiger partial charge < -0.3 is 9.64 Å². The Morgan fingerprint density at radius 3 is 2.75 bits per heavy atom. The summed E-state index contributed by atoms with van der Waals surface area (Å²) in [5, 5.41) is 5.00. The van der Waals surface area contributed by atoms with Crippen LogP contribution in [0, 0.1) is 0 Å². The Hall–Kier alpha value is -2.44. The van der Waals surface area contributed by atoms with Crippen molar-refractivity contribution in [1.29, 1.82) is 0 Å². The molecule has 6 nitrogen and oxygen atoms in total. The van der Waals surface area contributed by atoms with E-state index < -0.39 is 0 Å². The van der Waals surface area contributed by atoms with Gasteiger partial charge in [-0.3, -0.25) is 4.79 Å². The number of halogens is 1. The third-order valence-corrected chi connectivity index (χ3v) is 4.41. The summed E-state index contributed by atoms with van der Waals surface area (Å²) in [7, 11) is 0. The fraction of sp³-hybridized carbons (Fsp3) is 0.235. The topological polar surface area (TPSA) is 59.7 Å². The molecular formula is C17H15ClN4O2. The van der Waals surface area contributed by atoms with Crippen molar-refractivity contribution in [3.8, 4) is 11.3 Å². The third kappa shape index (κ3) is 2.53. The number of hydrogen-bond acceptors (Lipinski definition) is 4. The first-order chi connectivity index (χ1) is 11.8. The summed E-state index contributed by atoms with van der Waals surface area (Å²) in [5.41, 5.74) is 2.67. The average Bonchev–Trinajstić information content (AvgIpc) is 3.06. The molecule has 1 aliphatic heterocycles. The molecule has 7 heteroatoms. The summed E-state index contributed by atoms with van der Waals surface area (Å²) in [6.07, 6.45) is 3.24. The standard InChI is InChI=1S/C17H15ClN4O2/c18-14-4-2-1-3-12(14)15-5-6-19-16-13(11-20-22(15)16)17(23)21-7-9-24-10-8-21/h1-6,11H,7-10H2. The lowest BCUT2D eigenvalue weighted by molar-refractivity contribution is 0.0304. The molecule has 1 aliphatic rings. The number of nitrogens with zero attached hydrogens (tertiary/aromatic N) is 4.